The summed E-state index contributed by atoms with van der Waals surface area (Å²) in [5.74, 6) is 1.75. The second kappa shape index (κ2) is 8.19. The van der Waals surface area contributed by atoms with E-state index in [2.05, 4.69) is 5.32 Å². The van der Waals surface area contributed by atoms with Crippen molar-refractivity contribution < 1.29 is 9.53 Å². The van der Waals surface area contributed by atoms with Gasteiger partial charge in [0.2, 0.25) is 0 Å². The molecular weight excluding hydrogens is 276 g/mol. The molecular formula is C18H34N2O2. The maximum Gasteiger partial charge on any atom is 0.410 e. The number of piperidine rings is 2. The van der Waals surface area contributed by atoms with E-state index < -0.39 is 0 Å². The van der Waals surface area contributed by atoms with Gasteiger partial charge >= 0.3 is 6.09 Å². The average Bonchev–Trinajstić information content (AvgIpc) is 2.47. The molecule has 0 atom stereocenters. The van der Waals surface area contributed by atoms with E-state index >= 15 is 0 Å². The molecule has 2 heterocycles. The van der Waals surface area contributed by atoms with Crippen LogP contribution in [-0.4, -0.2) is 42.8 Å². The zero-order valence-corrected chi connectivity index (χ0v) is 14.7. The summed E-state index contributed by atoms with van der Waals surface area (Å²) in [7, 11) is 0. The van der Waals surface area contributed by atoms with E-state index in [1.165, 1.54) is 45.2 Å². The molecule has 2 fully saturated rings. The molecule has 0 aromatic rings. The molecule has 0 radical (unpaired) electrons. The van der Waals surface area contributed by atoms with Gasteiger partial charge in [-0.3, -0.25) is 0 Å². The van der Waals surface area contributed by atoms with Crippen LogP contribution in [0.4, 0.5) is 4.79 Å². The number of amides is 1. The van der Waals surface area contributed by atoms with Crippen LogP contribution in [0.15, 0.2) is 0 Å². The fourth-order valence-corrected chi connectivity index (χ4v) is 3.60. The predicted molar refractivity (Wildman–Crippen MR) is 90.0 cm³/mol. The quantitative estimate of drug-likeness (QED) is 0.858. The second-order valence-electron chi connectivity index (χ2n) is 8.04. The first-order chi connectivity index (χ1) is 10.4. The Hall–Kier alpha value is -0.770. The van der Waals surface area contributed by atoms with E-state index in [9.17, 15) is 4.79 Å². The normalized spacial score (nSPS) is 21.9. The van der Waals surface area contributed by atoms with Gasteiger partial charge in [0.15, 0.2) is 0 Å². The summed E-state index contributed by atoms with van der Waals surface area (Å²) in [6, 6.07) is 0. The first kappa shape index (κ1) is 17.6. The Bertz CT molecular complexity index is 337. The summed E-state index contributed by atoms with van der Waals surface area (Å²) >= 11 is 0. The number of ether oxygens (including phenoxy) is 1. The molecule has 4 heteroatoms. The van der Waals surface area contributed by atoms with Gasteiger partial charge in [-0.25, -0.2) is 4.79 Å². The highest BCUT2D eigenvalue weighted by molar-refractivity contribution is 5.68. The molecule has 2 saturated heterocycles. The van der Waals surface area contributed by atoms with Gasteiger partial charge in [-0.2, -0.15) is 0 Å². The number of nitrogens with zero attached hydrogens (tertiary/aromatic N) is 1. The van der Waals surface area contributed by atoms with Crippen molar-refractivity contribution in [2.45, 2.75) is 71.3 Å². The van der Waals surface area contributed by atoms with Gasteiger partial charge in [0, 0.05) is 13.1 Å². The Labute approximate surface area is 136 Å². The molecule has 0 aromatic heterocycles. The second-order valence-corrected chi connectivity index (χ2v) is 8.04. The van der Waals surface area contributed by atoms with Gasteiger partial charge in [-0.15, -0.1) is 0 Å². The Morgan fingerprint density at radius 3 is 2.14 bits per heavy atom. The Morgan fingerprint density at radius 1 is 1.05 bits per heavy atom. The molecule has 0 bridgehead atoms. The molecule has 1 N–H and O–H groups in total. The summed E-state index contributed by atoms with van der Waals surface area (Å²) < 4.78 is 5.45. The van der Waals surface area contributed by atoms with E-state index in [0.717, 1.165) is 37.8 Å². The standard InChI is InChI=1S/C18H34N2O2/c1-18(2,3)22-17(21)20-13-9-16(10-14-20)6-4-5-15-7-11-19-12-8-15/h15-16,19H,4-14H2,1-3H3. The lowest BCUT2D eigenvalue weighted by Crippen LogP contribution is -2.41. The number of nitrogens with one attached hydrogen (secondary N) is 1. The van der Waals surface area contributed by atoms with Gasteiger partial charge < -0.3 is 15.0 Å². The summed E-state index contributed by atoms with van der Waals surface area (Å²) in [5.41, 5.74) is -0.386. The number of carbonyl (C=O) groups excluding carboxylic acids is 1. The zero-order valence-electron chi connectivity index (χ0n) is 14.7. The van der Waals surface area contributed by atoms with Gasteiger partial charge in [0.05, 0.1) is 0 Å². The Kier molecular flexibility index (Phi) is 6.54. The number of likely N-dealkylation sites (tertiary alicyclic amines) is 1. The minimum absolute atomic E-state index is 0.138. The maximum atomic E-state index is 12.0. The number of hydrogen-bond donors (Lipinski definition) is 1. The summed E-state index contributed by atoms with van der Waals surface area (Å²) in [5, 5.41) is 3.44. The molecule has 0 aliphatic carbocycles. The molecule has 0 saturated carbocycles. The smallest absolute Gasteiger partial charge is 0.410 e. The summed E-state index contributed by atoms with van der Waals surface area (Å²) in [6.45, 7) is 9.94. The largest absolute Gasteiger partial charge is 0.444 e. The van der Waals surface area contributed by atoms with Crippen molar-refractivity contribution >= 4 is 6.09 Å². The summed E-state index contributed by atoms with van der Waals surface area (Å²) in [6.07, 6.45) is 8.97. The number of carbonyl (C=O) groups is 1. The topological polar surface area (TPSA) is 41.6 Å². The fraction of sp³-hybridized carbons (Fsp3) is 0.944. The van der Waals surface area contributed by atoms with Crippen LogP contribution in [-0.2, 0) is 4.74 Å². The molecule has 128 valence electrons. The lowest BCUT2D eigenvalue weighted by Gasteiger charge is -2.33. The monoisotopic (exact) mass is 310 g/mol. The third-order valence-corrected chi connectivity index (χ3v) is 4.95. The number of rotatable bonds is 4. The van der Waals surface area contributed by atoms with E-state index in [4.69, 9.17) is 4.74 Å². The van der Waals surface area contributed by atoms with Crippen molar-refractivity contribution in [1.82, 2.24) is 10.2 Å². The highest BCUT2D eigenvalue weighted by atomic mass is 16.6. The Morgan fingerprint density at radius 2 is 1.59 bits per heavy atom. The zero-order chi connectivity index (χ0) is 16.0. The number of hydrogen-bond acceptors (Lipinski definition) is 3. The highest BCUT2D eigenvalue weighted by Gasteiger charge is 2.26. The van der Waals surface area contributed by atoms with Gasteiger partial charge in [-0.1, -0.05) is 19.3 Å². The van der Waals surface area contributed by atoms with E-state index in [0.29, 0.717) is 0 Å². The molecule has 2 aliphatic heterocycles. The van der Waals surface area contributed by atoms with Crippen molar-refractivity contribution in [3.05, 3.63) is 0 Å². The summed E-state index contributed by atoms with van der Waals surface area (Å²) in [4.78, 5) is 13.9. The lowest BCUT2D eigenvalue weighted by molar-refractivity contribution is 0.0180. The molecule has 22 heavy (non-hydrogen) atoms. The van der Waals surface area contributed by atoms with Crippen molar-refractivity contribution in [1.29, 1.82) is 0 Å². The van der Waals surface area contributed by atoms with Crippen LogP contribution in [0, 0.1) is 11.8 Å². The van der Waals surface area contributed by atoms with Crippen LogP contribution < -0.4 is 5.32 Å². The minimum atomic E-state index is -0.386. The predicted octanol–water partition coefficient (Wildman–Crippen LogP) is 3.80. The molecule has 0 aromatic carbocycles. The minimum Gasteiger partial charge on any atom is -0.444 e. The van der Waals surface area contributed by atoms with E-state index in [1.807, 2.05) is 25.7 Å². The third-order valence-electron chi connectivity index (χ3n) is 4.95. The van der Waals surface area contributed by atoms with Gasteiger partial charge in [-0.05, 0) is 71.4 Å². The molecule has 4 nitrogen and oxygen atoms in total. The highest BCUT2D eigenvalue weighted by Crippen LogP contribution is 2.26. The van der Waals surface area contributed by atoms with Crippen LogP contribution in [0.1, 0.15) is 65.7 Å². The van der Waals surface area contributed by atoms with Crippen LogP contribution in [0.5, 0.6) is 0 Å². The first-order valence-corrected chi connectivity index (χ1v) is 9.13. The molecule has 1 amide bonds. The van der Waals surface area contributed by atoms with Crippen LogP contribution >= 0.6 is 0 Å². The van der Waals surface area contributed by atoms with Crippen LogP contribution in [0.3, 0.4) is 0 Å². The van der Waals surface area contributed by atoms with Gasteiger partial charge in [0.25, 0.3) is 0 Å². The molecule has 2 rings (SSSR count). The van der Waals surface area contributed by atoms with Crippen molar-refractivity contribution in [2.24, 2.45) is 11.8 Å². The average molecular weight is 310 g/mol. The first-order valence-electron chi connectivity index (χ1n) is 9.13. The van der Waals surface area contributed by atoms with Crippen LogP contribution in [0.25, 0.3) is 0 Å². The van der Waals surface area contributed by atoms with E-state index in [1.54, 1.807) is 0 Å². The van der Waals surface area contributed by atoms with Crippen molar-refractivity contribution in [2.75, 3.05) is 26.2 Å². The fourth-order valence-electron chi connectivity index (χ4n) is 3.60. The van der Waals surface area contributed by atoms with Crippen LogP contribution in [0.2, 0.25) is 0 Å². The SMILES string of the molecule is CC(C)(C)OC(=O)N1CCC(CCCC2CCNCC2)CC1. The molecule has 2 aliphatic rings. The Balaban J connectivity index is 1.59. The van der Waals surface area contributed by atoms with Crippen molar-refractivity contribution in [3.63, 3.8) is 0 Å². The maximum absolute atomic E-state index is 12.0. The molecule has 0 unspecified atom stereocenters. The molecule has 0 spiro atoms. The lowest BCUT2D eigenvalue weighted by atomic mass is 9.87. The third kappa shape index (κ3) is 6.15. The van der Waals surface area contributed by atoms with Gasteiger partial charge in [0.1, 0.15) is 5.60 Å². The van der Waals surface area contributed by atoms with E-state index in [-0.39, 0.29) is 11.7 Å². The van der Waals surface area contributed by atoms with Crippen molar-refractivity contribution in [3.8, 4) is 0 Å².